The normalized spacial score (nSPS) is 10.9. The Morgan fingerprint density at radius 1 is 0.882 bits per heavy atom. The third-order valence-corrected chi connectivity index (χ3v) is 2.09. The molecule has 3 nitrogen and oxygen atoms in total. The Morgan fingerprint density at radius 3 is 1.88 bits per heavy atom. The Balaban J connectivity index is 2.54. The lowest BCUT2D eigenvalue weighted by Crippen LogP contribution is -2.11. The fraction of sp³-hybridized carbons (Fsp3) is 0.111. The highest BCUT2D eigenvalue weighted by molar-refractivity contribution is 5.24. The van der Waals surface area contributed by atoms with Crippen molar-refractivity contribution >= 4 is 0 Å². The molecule has 0 bridgehead atoms. The Morgan fingerprint density at radius 2 is 1.41 bits per heavy atom. The molecule has 0 atom stereocenters. The van der Waals surface area contributed by atoms with E-state index in [-0.39, 0.29) is 0 Å². The Bertz CT molecular complexity index is 523. The molecule has 2 aromatic rings. The van der Waals surface area contributed by atoms with Crippen LogP contribution in [-0.4, -0.2) is 15.0 Å². The quantitative estimate of drug-likeness (QED) is 0.463. The van der Waals surface area contributed by atoms with Crippen LogP contribution in [0.4, 0.5) is 22.0 Å². The summed E-state index contributed by atoms with van der Waals surface area (Å²) in [5, 5.41) is 6.72. The van der Waals surface area contributed by atoms with Gasteiger partial charge in [0.2, 0.25) is 5.82 Å². The van der Waals surface area contributed by atoms with Gasteiger partial charge in [0.15, 0.2) is 23.3 Å². The second-order valence-corrected chi connectivity index (χ2v) is 3.15. The van der Waals surface area contributed by atoms with E-state index in [4.69, 9.17) is 0 Å². The molecule has 0 N–H and O–H groups in total. The zero-order chi connectivity index (χ0) is 12.6. The molecule has 0 unspecified atom stereocenters. The largest absolute Gasteiger partial charge is 0.248 e. The van der Waals surface area contributed by atoms with E-state index in [9.17, 15) is 22.0 Å². The molecule has 0 amide bonds. The van der Waals surface area contributed by atoms with Crippen LogP contribution in [0.15, 0.2) is 12.4 Å². The third kappa shape index (κ3) is 1.85. The van der Waals surface area contributed by atoms with Crippen molar-refractivity contribution in [2.45, 2.75) is 6.54 Å². The summed E-state index contributed by atoms with van der Waals surface area (Å²) in [4.78, 5) is 0. The first-order valence-corrected chi connectivity index (χ1v) is 4.36. The zero-order valence-electron chi connectivity index (χ0n) is 8.09. The molecule has 17 heavy (non-hydrogen) atoms. The molecule has 0 spiro atoms. The van der Waals surface area contributed by atoms with Crippen LogP contribution in [0.25, 0.3) is 0 Å². The molecular formula is C9H4F5N3. The fourth-order valence-corrected chi connectivity index (χ4v) is 1.27. The first-order chi connectivity index (χ1) is 8.02. The third-order valence-electron chi connectivity index (χ3n) is 2.09. The molecule has 0 saturated carbocycles. The summed E-state index contributed by atoms with van der Waals surface area (Å²) in [6.07, 6.45) is 2.45. The summed E-state index contributed by atoms with van der Waals surface area (Å²) in [6.45, 7) is -0.591. The van der Waals surface area contributed by atoms with Gasteiger partial charge in [0, 0.05) is 6.20 Å². The van der Waals surface area contributed by atoms with Crippen LogP contribution in [0.2, 0.25) is 0 Å². The molecule has 0 aliphatic carbocycles. The van der Waals surface area contributed by atoms with Gasteiger partial charge in [-0.1, -0.05) is 5.21 Å². The Hall–Kier alpha value is -1.99. The SMILES string of the molecule is Fc1c(F)c(F)c(Cn2ccnn2)c(F)c1F. The first-order valence-electron chi connectivity index (χ1n) is 4.36. The summed E-state index contributed by atoms with van der Waals surface area (Å²) in [7, 11) is 0. The van der Waals surface area contributed by atoms with Gasteiger partial charge in [0.1, 0.15) is 0 Å². The number of rotatable bonds is 2. The minimum Gasteiger partial charge on any atom is -0.248 e. The fourth-order valence-electron chi connectivity index (χ4n) is 1.27. The predicted molar refractivity (Wildman–Crippen MR) is 45.4 cm³/mol. The number of halogens is 5. The highest BCUT2D eigenvalue weighted by atomic mass is 19.2. The maximum atomic E-state index is 13.2. The molecule has 0 radical (unpaired) electrons. The topological polar surface area (TPSA) is 30.7 Å². The number of benzene rings is 1. The maximum Gasteiger partial charge on any atom is 0.200 e. The summed E-state index contributed by atoms with van der Waals surface area (Å²) < 4.78 is 65.7. The molecule has 0 aliphatic rings. The summed E-state index contributed by atoms with van der Waals surface area (Å²) >= 11 is 0. The lowest BCUT2D eigenvalue weighted by Gasteiger charge is -2.07. The smallest absolute Gasteiger partial charge is 0.200 e. The van der Waals surface area contributed by atoms with Gasteiger partial charge in [-0.15, -0.1) is 5.10 Å². The van der Waals surface area contributed by atoms with Crippen LogP contribution in [-0.2, 0) is 6.54 Å². The highest BCUT2D eigenvalue weighted by Gasteiger charge is 2.25. The Kier molecular flexibility index (Phi) is 2.78. The Labute approximate surface area is 91.5 Å². The van der Waals surface area contributed by atoms with Gasteiger partial charge in [-0.25, -0.2) is 26.6 Å². The van der Waals surface area contributed by atoms with Crippen molar-refractivity contribution in [3.05, 3.63) is 47.0 Å². The highest BCUT2D eigenvalue weighted by Crippen LogP contribution is 2.23. The zero-order valence-corrected chi connectivity index (χ0v) is 8.09. The average Bonchev–Trinajstić information content (AvgIpc) is 2.82. The first kappa shape index (κ1) is 11.5. The van der Waals surface area contributed by atoms with Crippen LogP contribution in [0, 0.1) is 29.1 Å². The molecule has 1 heterocycles. The standard InChI is InChI=1S/C9H4F5N3/c10-5-4(3-17-2-1-15-16-17)6(11)8(13)9(14)7(5)12/h1-2H,3H2. The molecule has 90 valence electrons. The van der Waals surface area contributed by atoms with Crippen LogP contribution < -0.4 is 0 Å². The lowest BCUT2D eigenvalue weighted by molar-refractivity contribution is 0.366. The van der Waals surface area contributed by atoms with Gasteiger partial charge in [-0.2, -0.15) is 0 Å². The molecule has 1 aromatic carbocycles. The van der Waals surface area contributed by atoms with Crippen molar-refractivity contribution in [1.29, 1.82) is 0 Å². The van der Waals surface area contributed by atoms with Crippen molar-refractivity contribution < 1.29 is 22.0 Å². The van der Waals surface area contributed by atoms with E-state index in [2.05, 4.69) is 10.3 Å². The van der Waals surface area contributed by atoms with Crippen molar-refractivity contribution in [3.63, 3.8) is 0 Å². The van der Waals surface area contributed by atoms with Gasteiger partial charge in [0.05, 0.1) is 18.3 Å². The average molecular weight is 249 g/mol. The van der Waals surface area contributed by atoms with E-state index < -0.39 is 41.2 Å². The van der Waals surface area contributed by atoms with Gasteiger partial charge in [-0.05, 0) is 0 Å². The molecule has 0 aliphatic heterocycles. The van der Waals surface area contributed by atoms with E-state index in [1.807, 2.05) is 0 Å². The number of nitrogens with zero attached hydrogens (tertiary/aromatic N) is 3. The maximum absolute atomic E-state index is 13.2. The molecule has 8 heteroatoms. The molecule has 2 rings (SSSR count). The van der Waals surface area contributed by atoms with Crippen LogP contribution in [0.3, 0.4) is 0 Å². The van der Waals surface area contributed by atoms with E-state index in [1.54, 1.807) is 0 Å². The van der Waals surface area contributed by atoms with Crippen molar-refractivity contribution in [2.24, 2.45) is 0 Å². The van der Waals surface area contributed by atoms with Gasteiger partial charge in [-0.3, -0.25) is 0 Å². The van der Waals surface area contributed by atoms with E-state index >= 15 is 0 Å². The van der Waals surface area contributed by atoms with Gasteiger partial charge < -0.3 is 0 Å². The number of hydrogen-bond donors (Lipinski definition) is 0. The summed E-state index contributed by atoms with van der Waals surface area (Å²) in [5.74, 6) is -9.85. The number of hydrogen-bond acceptors (Lipinski definition) is 2. The second-order valence-electron chi connectivity index (χ2n) is 3.15. The van der Waals surface area contributed by atoms with Gasteiger partial charge >= 0.3 is 0 Å². The monoisotopic (exact) mass is 249 g/mol. The van der Waals surface area contributed by atoms with E-state index in [0.29, 0.717) is 0 Å². The van der Waals surface area contributed by atoms with Crippen molar-refractivity contribution in [3.8, 4) is 0 Å². The summed E-state index contributed by atoms with van der Waals surface area (Å²) in [5.41, 5.74) is -0.952. The van der Waals surface area contributed by atoms with Crippen LogP contribution in [0.1, 0.15) is 5.56 Å². The number of aromatic nitrogens is 3. The second kappa shape index (κ2) is 4.11. The van der Waals surface area contributed by atoms with Gasteiger partial charge in [0.25, 0.3) is 0 Å². The van der Waals surface area contributed by atoms with E-state index in [1.165, 1.54) is 12.4 Å². The molecular weight excluding hydrogens is 245 g/mol. The van der Waals surface area contributed by atoms with Crippen LogP contribution in [0.5, 0.6) is 0 Å². The van der Waals surface area contributed by atoms with Crippen LogP contribution >= 0.6 is 0 Å². The van der Waals surface area contributed by atoms with E-state index in [0.717, 1.165) is 4.68 Å². The molecule has 0 saturated heterocycles. The molecule has 1 aromatic heterocycles. The predicted octanol–water partition coefficient (Wildman–Crippen LogP) is 2.02. The minimum absolute atomic E-state index is 0.591. The van der Waals surface area contributed by atoms with Crippen molar-refractivity contribution in [2.75, 3.05) is 0 Å². The molecule has 0 fully saturated rings. The lowest BCUT2D eigenvalue weighted by atomic mass is 10.1. The van der Waals surface area contributed by atoms with Crippen molar-refractivity contribution in [1.82, 2.24) is 15.0 Å². The summed E-state index contributed by atoms with van der Waals surface area (Å²) in [6, 6.07) is 0. The minimum atomic E-state index is -2.18.